The van der Waals surface area contributed by atoms with Crippen molar-refractivity contribution >= 4 is 38.3 Å². The zero-order chi connectivity index (χ0) is 21.6. The predicted molar refractivity (Wildman–Crippen MR) is 113 cm³/mol. The van der Waals surface area contributed by atoms with E-state index in [9.17, 15) is 18.4 Å². The number of rotatable bonds is 3. The normalized spacial score (nSPS) is 12.8. The second kappa shape index (κ2) is 7.33. The molecule has 0 saturated heterocycles. The summed E-state index contributed by atoms with van der Waals surface area (Å²) in [5.41, 5.74) is 1.98. The molecule has 0 fully saturated rings. The van der Waals surface area contributed by atoms with Crippen LogP contribution in [0.4, 0.5) is 19.0 Å². The third-order valence-corrected chi connectivity index (χ3v) is 5.62. The van der Waals surface area contributed by atoms with Crippen LogP contribution < -0.4 is 5.32 Å². The molecule has 0 saturated carbocycles. The molecule has 2 aromatic carbocycles. The van der Waals surface area contributed by atoms with E-state index in [1.165, 1.54) is 13.0 Å². The molecule has 2 aromatic heterocycles. The molecule has 1 unspecified atom stereocenters. The molecule has 1 atom stereocenters. The Morgan fingerprint density at radius 1 is 1.20 bits per heavy atom. The number of fused-ring (bicyclic) bond motifs is 3. The quantitative estimate of drug-likeness (QED) is 0.364. The number of nitrogens with one attached hydrogen (secondary N) is 1. The minimum atomic E-state index is -4.41. The maximum Gasteiger partial charge on any atom is 0.416 e. The molecule has 2 heterocycles. The number of hydrogen-bond donors (Lipinski definition) is 1. The minimum absolute atomic E-state index is 0.186. The fourth-order valence-corrected chi connectivity index (χ4v) is 4.06. The zero-order valence-corrected chi connectivity index (χ0v) is 17.6. The van der Waals surface area contributed by atoms with E-state index in [1.54, 1.807) is 25.3 Å². The highest BCUT2D eigenvalue weighted by molar-refractivity contribution is 9.10. The molecule has 8 heteroatoms. The second-order valence-electron chi connectivity index (χ2n) is 7.07. The standard InChI is InChI=1S/C22H16BrF3N4/c1-12-16(4-3-5-18(12)22(24,25)26)13(2)28-21-17-9-15(23)6-7-19(17)30-11-14(10-27)8-20(30)29-21/h3-9,11,13H,1-2H3,(H,28,29). The van der Waals surface area contributed by atoms with Gasteiger partial charge in [-0.3, -0.25) is 4.40 Å². The SMILES string of the molecule is Cc1c(C(C)Nc2nc3cc(C#N)cn3c3ccc(Br)cc23)cccc1C(F)(F)F. The summed E-state index contributed by atoms with van der Waals surface area (Å²) in [6.45, 7) is 3.28. The van der Waals surface area contributed by atoms with Crippen LogP contribution in [0.3, 0.4) is 0 Å². The molecule has 0 aliphatic rings. The molecule has 0 radical (unpaired) electrons. The fourth-order valence-electron chi connectivity index (χ4n) is 3.70. The second-order valence-corrected chi connectivity index (χ2v) is 7.99. The van der Waals surface area contributed by atoms with Crippen LogP contribution in [0.15, 0.2) is 53.1 Å². The lowest BCUT2D eigenvalue weighted by Crippen LogP contribution is -2.14. The lowest BCUT2D eigenvalue weighted by molar-refractivity contribution is -0.138. The van der Waals surface area contributed by atoms with Crippen molar-refractivity contribution in [2.45, 2.75) is 26.1 Å². The van der Waals surface area contributed by atoms with Crippen LogP contribution >= 0.6 is 15.9 Å². The number of alkyl halides is 3. The van der Waals surface area contributed by atoms with Gasteiger partial charge in [-0.1, -0.05) is 28.1 Å². The van der Waals surface area contributed by atoms with E-state index in [2.05, 4.69) is 32.3 Å². The average Bonchev–Trinajstić information content (AvgIpc) is 3.10. The van der Waals surface area contributed by atoms with Crippen LogP contribution in [0.1, 0.15) is 35.2 Å². The summed E-state index contributed by atoms with van der Waals surface area (Å²) in [5, 5.41) is 13.3. The summed E-state index contributed by atoms with van der Waals surface area (Å²) in [6.07, 6.45) is -2.70. The summed E-state index contributed by atoms with van der Waals surface area (Å²) in [6, 6.07) is 13.2. The molecule has 0 aliphatic carbocycles. The first kappa shape index (κ1) is 20.2. The van der Waals surface area contributed by atoms with E-state index in [1.807, 2.05) is 22.6 Å². The third-order valence-electron chi connectivity index (χ3n) is 5.13. The van der Waals surface area contributed by atoms with Crippen LogP contribution in [-0.4, -0.2) is 9.38 Å². The number of aromatic nitrogens is 2. The Kier molecular flexibility index (Phi) is 4.94. The highest BCUT2D eigenvalue weighted by Crippen LogP contribution is 2.36. The van der Waals surface area contributed by atoms with Gasteiger partial charge < -0.3 is 5.32 Å². The molecule has 30 heavy (non-hydrogen) atoms. The number of halogens is 4. The number of nitrogens with zero attached hydrogens (tertiary/aromatic N) is 3. The maximum atomic E-state index is 13.3. The van der Waals surface area contributed by atoms with Gasteiger partial charge >= 0.3 is 6.18 Å². The Hall–Kier alpha value is -3.05. The van der Waals surface area contributed by atoms with Crippen LogP contribution in [0.2, 0.25) is 0 Å². The summed E-state index contributed by atoms with van der Waals surface area (Å²) in [5.74, 6) is 0.533. The topological polar surface area (TPSA) is 53.1 Å². The van der Waals surface area contributed by atoms with E-state index in [0.717, 1.165) is 21.4 Å². The van der Waals surface area contributed by atoms with Gasteiger partial charge in [-0.15, -0.1) is 0 Å². The minimum Gasteiger partial charge on any atom is -0.363 e. The van der Waals surface area contributed by atoms with E-state index in [4.69, 9.17) is 0 Å². The van der Waals surface area contributed by atoms with E-state index >= 15 is 0 Å². The van der Waals surface area contributed by atoms with Crippen molar-refractivity contribution in [2.75, 3.05) is 5.32 Å². The molecule has 0 aliphatic heterocycles. The predicted octanol–water partition coefficient (Wildman–Crippen LogP) is 6.62. The molecule has 4 rings (SSSR count). The Balaban J connectivity index is 1.84. The van der Waals surface area contributed by atoms with Crippen LogP contribution in [0.25, 0.3) is 16.6 Å². The first-order valence-corrected chi connectivity index (χ1v) is 9.93. The lowest BCUT2D eigenvalue weighted by atomic mass is 9.97. The van der Waals surface area contributed by atoms with Gasteiger partial charge in [0, 0.05) is 22.1 Å². The summed E-state index contributed by atoms with van der Waals surface area (Å²) in [7, 11) is 0. The summed E-state index contributed by atoms with van der Waals surface area (Å²) < 4.78 is 42.6. The van der Waals surface area contributed by atoms with Gasteiger partial charge in [-0.05, 0) is 49.2 Å². The number of nitriles is 1. The van der Waals surface area contributed by atoms with Gasteiger partial charge in [-0.25, -0.2) is 4.98 Å². The van der Waals surface area contributed by atoms with Crippen molar-refractivity contribution in [3.8, 4) is 6.07 Å². The first-order valence-electron chi connectivity index (χ1n) is 9.13. The molecule has 0 bridgehead atoms. The van der Waals surface area contributed by atoms with Gasteiger partial charge in [0.1, 0.15) is 17.5 Å². The Labute approximate surface area is 179 Å². The summed E-state index contributed by atoms with van der Waals surface area (Å²) >= 11 is 3.46. The number of benzene rings is 2. The lowest BCUT2D eigenvalue weighted by Gasteiger charge is -2.21. The van der Waals surface area contributed by atoms with Crippen LogP contribution in [0.5, 0.6) is 0 Å². The van der Waals surface area contributed by atoms with E-state index in [-0.39, 0.29) is 5.56 Å². The van der Waals surface area contributed by atoms with Crippen molar-refractivity contribution in [1.29, 1.82) is 5.26 Å². The van der Waals surface area contributed by atoms with Gasteiger partial charge in [0.2, 0.25) is 0 Å². The molecule has 0 spiro atoms. The molecule has 4 aromatic rings. The molecular weight excluding hydrogens is 457 g/mol. The maximum absolute atomic E-state index is 13.3. The largest absolute Gasteiger partial charge is 0.416 e. The number of hydrogen-bond acceptors (Lipinski definition) is 3. The first-order chi connectivity index (χ1) is 14.2. The van der Waals surface area contributed by atoms with E-state index < -0.39 is 17.8 Å². The van der Waals surface area contributed by atoms with Crippen molar-refractivity contribution in [1.82, 2.24) is 9.38 Å². The molecule has 152 valence electrons. The van der Waals surface area contributed by atoms with Crippen LogP contribution in [0, 0.1) is 18.3 Å². The van der Waals surface area contributed by atoms with Crippen molar-refractivity contribution in [3.05, 3.63) is 75.4 Å². The van der Waals surface area contributed by atoms with Crippen molar-refractivity contribution in [3.63, 3.8) is 0 Å². The highest BCUT2D eigenvalue weighted by Gasteiger charge is 2.33. The van der Waals surface area contributed by atoms with Gasteiger partial charge in [0.25, 0.3) is 0 Å². The third kappa shape index (κ3) is 3.50. The molecular formula is C22H16BrF3N4. The zero-order valence-electron chi connectivity index (χ0n) is 16.0. The van der Waals surface area contributed by atoms with Crippen molar-refractivity contribution < 1.29 is 13.2 Å². The van der Waals surface area contributed by atoms with Gasteiger partial charge in [0.15, 0.2) is 0 Å². The highest BCUT2D eigenvalue weighted by atomic mass is 79.9. The van der Waals surface area contributed by atoms with Crippen molar-refractivity contribution in [2.24, 2.45) is 0 Å². The molecule has 1 N–H and O–H groups in total. The molecule has 0 amide bonds. The Bertz CT molecular complexity index is 1320. The number of anilines is 1. The van der Waals surface area contributed by atoms with Gasteiger partial charge in [-0.2, -0.15) is 18.4 Å². The Morgan fingerprint density at radius 2 is 1.97 bits per heavy atom. The van der Waals surface area contributed by atoms with E-state index in [0.29, 0.717) is 22.6 Å². The van der Waals surface area contributed by atoms with Gasteiger partial charge in [0.05, 0.1) is 22.7 Å². The van der Waals surface area contributed by atoms with Crippen LogP contribution in [-0.2, 0) is 6.18 Å². The smallest absolute Gasteiger partial charge is 0.363 e. The molecule has 4 nitrogen and oxygen atoms in total. The average molecular weight is 473 g/mol. The monoisotopic (exact) mass is 472 g/mol. The fraction of sp³-hybridized carbons (Fsp3) is 0.182. The Morgan fingerprint density at radius 3 is 2.67 bits per heavy atom. The summed E-state index contributed by atoms with van der Waals surface area (Å²) in [4.78, 5) is 4.64.